The van der Waals surface area contributed by atoms with E-state index in [9.17, 15) is 9.18 Å². The maximum absolute atomic E-state index is 13.7. The van der Waals surface area contributed by atoms with E-state index in [1.165, 1.54) is 12.1 Å². The van der Waals surface area contributed by atoms with Gasteiger partial charge in [-0.15, -0.1) is 0 Å². The van der Waals surface area contributed by atoms with Crippen LogP contribution >= 0.6 is 15.9 Å². The highest BCUT2D eigenvalue weighted by atomic mass is 79.9. The Hall–Kier alpha value is -1.14. The van der Waals surface area contributed by atoms with Gasteiger partial charge in [-0.1, -0.05) is 15.9 Å². The first-order chi connectivity index (χ1) is 10.6. The van der Waals surface area contributed by atoms with E-state index >= 15 is 0 Å². The summed E-state index contributed by atoms with van der Waals surface area (Å²) in [5.41, 5.74) is 0. The molecule has 1 amide bonds. The molecule has 0 aromatic heterocycles. The molecular formula is C16H20BrFN2O2. The van der Waals surface area contributed by atoms with Crippen molar-refractivity contribution in [2.24, 2.45) is 11.8 Å². The van der Waals surface area contributed by atoms with E-state index in [1.54, 1.807) is 6.07 Å². The van der Waals surface area contributed by atoms with Crippen LogP contribution in [0.4, 0.5) is 4.39 Å². The van der Waals surface area contributed by atoms with Crippen LogP contribution in [0.2, 0.25) is 0 Å². The zero-order valence-electron chi connectivity index (χ0n) is 12.4. The molecule has 0 radical (unpaired) electrons. The quantitative estimate of drug-likeness (QED) is 0.888. The topological polar surface area (TPSA) is 41.6 Å². The minimum atomic E-state index is -0.460. The highest BCUT2D eigenvalue weighted by Crippen LogP contribution is 2.27. The van der Waals surface area contributed by atoms with Crippen LogP contribution in [-0.2, 0) is 4.79 Å². The van der Waals surface area contributed by atoms with Gasteiger partial charge in [-0.25, -0.2) is 4.39 Å². The van der Waals surface area contributed by atoms with E-state index in [0.29, 0.717) is 16.3 Å². The van der Waals surface area contributed by atoms with Gasteiger partial charge < -0.3 is 15.0 Å². The van der Waals surface area contributed by atoms with Crippen LogP contribution in [-0.4, -0.2) is 43.6 Å². The number of nitrogens with one attached hydrogen (secondary N) is 1. The van der Waals surface area contributed by atoms with Crippen LogP contribution in [0.3, 0.4) is 0 Å². The Balaban J connectivity index is 1.53. The fourth-order valence-electron chi connectivity index (χ4n) is 3.29. The highest BCUT2D eigenvalue weighted by Gasteiger charge is 2.31. The molecule has 2 atom stereocenters. The van der Waals surface area contributed by atoms with Crippen LogP contribution in [0.1, 0.15) is 12.8 Å². The number of nitrogens with zero attached hydrogens (tertiary/aromatic N) is 1. The molecule has 4 nitrogen and oxygen atoms in total. The van der Waals surface area contributed by atoms with Gasteiger partial charge >= 0.3 is 0 Å². The lowest BCUT2D eigenvalue weighted by Gasteiger charge is -2.21. The highest BCUT2D eigenvalue weighted by molar-refractivity contribution is 9.10. The minimum absolute atomic E-state index is 0.0600. The first kappa shape index (κ1) is 15.7. The molecule has 0 aliphatic carbocycles. The number of carbonyl (C=O) groups is 1. The zero-order valence-corrected chi connectivity index (χ0v) is 13.9. The second kappa shape index (κ2) is 6.96. The summed E-state index contributed by atoms with van der Waals surface area (Å²) in [7, 11) is 0. The fraction of sp³-hybridized carbons (Fsp3) is 0.562. The van der Waals surface area contributed by atoms with Crippen molar-refractivity contribution < 1.29 is 13.9 Å². The summed E-state index contributed by atoms with van der Waals surface area (Å²) in [4.78, 5) is 14.1. The molecule has 2 heterocycles. The lowest BCUT2D eigenvalue weighted by atomic mass is 9.92. The molecule has 2 fully saturated rings. The normalized spacial score (nSPS) is 24.7. The molecule has 2 saturated heterocycles. The molecule has 6 heteroatoms. The smallest absolute Gasteiger partial charge is 0.260 e. The van der Waals surface area contributed by atoms with Crippen molar-refractivity contribution >= 4 is 21.8 Å². The maximum Gasteiger partial charge on any atom is 0.260 e. The standard InChI is InChI=1S/C16H20BrFN2O2/c17-13-1-2-15(14(18)7-13)22-10-16(21)20-5-3-11-8-19-9-12(11)4-6-20/h1-2,7,11-12,19H,3-6,8-10H2/t11-,12+. The summed E-state index contributed by atoms with van der Waals surface area (Å²) >= 11 is 3.20. The number of halogens is 2. The molecule has 1 N–H and O–H groups in total. The first-order valence-corrected chi connectivity index (χ1v) is 8.49. The van der Waals surface area contributed by atoms with Gasteiger partial charge in [0.25, 0.3) is 5.91 Å². The summed E-state index contributed by atoms with van der Waals surface area (Å²) in [6.07, 6.45) is 2.08. The van der Waals surface area contributed by atoms with Crippen LogP contribution in [0.5, 0.6) is 5.75 Å². The van der Waals surface area contributed by atoms with Crippen LogP contribution in [0, 0.1) is 17.7 Å². The van der Waals surface area contributed by atoms with Crippen molar-refractivity contribution in [1.29, 1.82) is 0 Å². The SMILES string of the molecule is O=C(COc1ccc(Br)cc1F)N1CC[C@@H]2CNC[C@@H]2CC1. The van der Waals surface area contributed by atoms with E-state index in [-0.39, 0.29) is 18.3 Å². The van der Waals surface area contributed by atoms with Gasteiger partial charge in [-0.05, 0) is 56.0 Å². The van der Waals surface area contributed by atoms with Gasteiger partial charge in [0.05, 0.1) is 0 Å². The second-order valence-electron chi connectivity index (χ2n) is 6.00. The van der Waals surface area contributed by atoms with E-state index in [4.69, 9.17) is 4.74 Å². The monoisotopic (exact) mass is 370 g/mol. The van der Waals surface area contributed by atoms with Gasteiger partial charge in [0.15, 0.2) is 18.2 Å². The van der Waals surface area contributed by atoms with Crippen molar-refractivity contribution in [2.45, 2.75) is 12.8 Å². The number of hydrogen-bond donors (Lipinski definition) is 1. The van der Waals surface area contributed by atoms with E-state index < -0.39 is 5.82 Å². The van der Waals surface area contributed by atoms with Crippen LogP contribution < -0.4 is 10.1 Å². The molecule has 0 bridgehead atoms. The number of carbonyl (C=O) groups excluding carboxylic acids is 1. The van der Waals surface area contributed by atoms with Crippen molar-refractivity contribution in [3.8, 4) is 5.75 Å². The number of ether oxygens (including phenoxy) is 1. The molecule has 2 aliphatic heterocycles. The molecule has 3 rings (SSSR count). The molecule has 0 unspecified atom stereocenters. The number of hydrogen-bond acceptors (Lipinski definition) is 3. The summed E-state index contributed by atoms with van der Waals surface area (Å²) in [5.74, 6) is 0.964. The minimum Gasteiger partial charge on any atom is -0.481 e. The Bertz CT molecular complexity index is 541. The van der Waals surface area contributed by atoms with Crippen LogP contribution in [0.15, 0.2) is 22.7 Å². The largest absolute Gasteiger partial charge is 0.481 e. The van der Waals surface area contributed by atoms with Gasteiger partial charge in [0, 0.05) is 17.6 Å². The van der Waals surface area contributed by atoms with Gasteiger partial charge in [0.1, 0.15) is 0 Å². The predicted octanol–water partition coefficient (Wildman–Crippen LogP) is 2.43. The summed E-state index contributed by atoms with van der Waals surface area (Å²) in [6, 6.07) is 4.56. The third-order valence-electron chi connectivity index (χ3n) is 4.62. The Morgan fingerprint density at radius 1 is 1.32 bits per heavy atom. The molecule has 0 spiro atoms. The van der Waals surface area contributed by atoms with E-state index in [2.05, 4.69) is 21.2 Å². The second-order valence-corrected chi connectivity index (χ2v) is 6.92. The molecular weight excluding hydrogens is 351 g/mol. The molecule has 1 aromatic carbocycles. The van der Waals surface area contributed by atoms with Gasteiger partial charge in [-0.3, -0.25) is 4.79 Å². The Kier molecular flexibility index (Phi) is 4.98. The first-order valence-electron chi connectivity index (χ1n) is 7.70. The third-order valence-corrected chi connectivity index (χ3v) is 5.11. The van der Waals surface area contributed by atoms with Crippen molar-refractivity contribution in [3.63, 3.8) is 0 Å². The van der Waals surface area contributed by atoms with Crippen molar-refractivity contribution in [3.05, 3.63) is 28.5 Å². The summed E-state index contributed by atoms with van der Waals surface area (Å²) < 4.78 is 19.7. The molecule has 0 saturated carbocycles. The Labute approximate surface area is 138 Å². The molecule has 2 aliphatic rings. The van der Waals surface area contributed by atoms with E-state index in [1.807, 2.05) is 4.90 Å². The number of fused-ring (bicyclic) bond motifs is 1. The molecule has 120 valence electrons. The summed E-state index contributed by atoms with van der Waals surface area (Å²) in [5, 5.41) is 3.42. The average molecular weight is 371 g/mol. The average Bonchev–Trinajstić information content (AvgIpc) is 2.85. The van der Waals surface area contributed by atoms with Crippen LogP contribution in [0.25, 0.3) is 0 Å². The number of benzene rings is 1. The molecule has 22 heavy (non-hydrogen) atoms. The van der Waals surface area contributed by atoms with Gasteiger partial charge in [0.2, 0.25) is 0 Å². The maximum atomic E-state index is 13.7. The Morgan fingerprint density at radius 3 is 2.64 bits per heavy atom. The van der Waals surface area contributed by atoms with E-state index in [0.717, 1.165) is 39.0 Å². The summed E-state index contributed by atoms with van der Waals surface area (Å²) in [6.45, 7) is 3.56. The van der Waals surface area contributed by atoms with Crippen molar-refractivity contribution in [2.75, 3.05) is 32.8 Å². The lowest BCUT2D eigenvalue weighted by Crippen LogP contribution is -2.36. The van der Waals surface area contributed by atoms with Crippen molar-refractivity contribution in [1.82, 2.24) is 10.2 Å². The Morgan fingerprint density at radius 2 is 2.00 bits per heavy atom. The number of rotatable bonds is 3. The molecule has 1 aromatic rings. The fourth-order valence-corrected chi connectivity index (χ4v) is 3.62. The zero-order chi connectivity index (χ0) is 15.5. The number of likely N-dealkylation sites (tertiary alicyclic amines) is 1. The number of amides is 1. The third kappa shape index (κ3) is 3.60. The lowest BCUT2D eigenvalue weighted by molar-refractivity contribution is -0.133. The van der Waals surface area contributed by atoms with Gasteiger partial charge in [-0.2, -0.15) is 0 Å². The predicted molar refractivity (Wildman–Crippen MR) is 85.3 cm³/mol.